The molecule has 2 rings (SSSR count). The highest BCUT2D eigenvalue weighted by Gasteiger charge is 2.39. The van der Waals surface area contributed by atoms with Gasteiger partial charge < -0.3 is 9.47 Å². The minimum Gasteiger partial charge on any atom is -0.461 e. The third-order valence-corrected chi connectivity index (χ3v) is 3.91. The molecule has 0 aliphatic carbocycles. The number of hydrogen-bond acceptors (Lipinski definition) is 3. The summed E-state index contributed by atoms with van der Waals surface area (Å²) in [6.07, 6.45) is 2.14. The standard InChI is InChI=1S/C14H17IO3/c1-2-7-14(8-17-9-14)10-18-13(16)11-3-5-12(15)6-4-11/h3-6H,2,7-10H2,1H3. The smallest absolute Gasteiger partial charge is 0.338 e. The van der Waals surface area contributed by atoms with Gasteiger partial charge in [-0.05, 0) is 53.3 Å². The van der Waals surface area contributed by atoms with E-state index in [4.69, 9.17) is 9.47 Å². The quantitative estimate of drug-likeness (QED) is 0.597. The average Bonchev–Trinajstić information content (AvgIpc) is 2.33. The molecule has 0 N–H and O–H groups in total. The van der Waals surface area contributed by atoms with Crippen molar-refractivity contribution < 1.29 is 14.3 Å². The number of halogens is 1. The molecule has 0 unspecified atom stereocenters. The lowest BCUT2D eigenvalue weighted by Gasteiger charge is -2.40. The zero-order valence-electron chi connectivity index (χ0n) is 10.4. The van der Waals surface area contributed by atoms with E-state index in [0.717, 1.165) is 16.4 Å². The summed E-state index contributed by atoms with van der Waals surface area (Å²) in [5, 5.41) is 0. The van der Waals surface area contributed by atoms with Crippen molar-refractivity contribution in [2.75, 3.05) is 19.8 Å². The second-order valence-electron chi connectivity index (χ2n) is 4.83. The average molecular weight is 360 g/mol. The minimum absolute atomic E-state index is 0.0631. The van der Waals surface area contributed by atoms with E-state index in [1.807, 2.05) is 12.1 Å². The SMILES string of the molecule is CCCC1(COC(=O)c2ccc(I)cc2)COC1. The number of rotatable bonds is 5. The molecule has 1 aromatic rings. The van der Waals surface area contributed by atoms with Crippen LogP contribution in [0.25, 0.3) is 0 Å². The Morgan fingerprint density at radius 3 is 2.56 bits per heavy atom. The molecule has 0 amide bonds. The molecule has 3 nitrogen and oxygen atoms in total. The summed E-state index contributed by atoms with van der Waals surface area (Å²) in [4.78, 5) is 11.9. The zero-order chi connectivity index (χ0) is 13.0. The predicted molar refractivity (Wildman–Crippen MR) is 77.6 cm³/mol. The monoisotopic (exact) mass is 360 g/mol. The third-order valence-electron chi connectivity index (χ3n) is 3.19. The highest BCUT2D eigenvalue weighted by atomic mass is 127. The van der Waals surface area contributed by atoms with Crippen LogP contribution in [0, 0.1) is 8.99 Å². The Labute approximate surface area is 121 Å². The van der Waals surface area contributed by atoms with Crippen LogP contribution in [0.2, 0.25) is 0 Å². The van der Waals surface area contributed by atoms with Crippen LogP contribution in [-0.4, -0.2) is 25.8 Å². The Morgan fingerprint density at radius 1 is 1.39 bits per heavy atom. The van der Waals surface area contributed by atoms with Gasteiger partial charge >= 0.3 is 5.97 Å². The van der Waals surface area contributed by atoms with E-state index in [-0.39, 0.29) is 11.4 Å². The Balaban J connectivity index is 1.89. The topological polar surface area (TPSA) is 35.5 Å². The first kappa shape index (κ1) is 13.8. The molecule has 0 spiro atoms. The van der Waals surface area contributed by atoms with Crippen LogP contribution >= 0.6 is 22.6 Å². The molecule has 1 aliphatic heterocycles. The van der Waals surface area contributed by atoms with Crippen LogP contribution in [0.4, 0.5) is 0 Å². The van der Waals surface area contributed by atoms with Crippen molar-refractivity contribution in [3.63, 3.8) is 0 Å². The molecule has 0 atom stereocenters. The first-order chi connectivity index (χ1) is 8.65. The molecular formula is C14H17IO3. The highest BCUT2D eigenvalue weighted by molar-refractivity contribution is 14.1. The first-order valence-corrected chi connectivity index (χ1v) is 7.23. The van der Waals surface area contributed by atoms with Crippen molar-refractivity contribution in [2.45, 2.75) is 19.8 Å². The van der Waals surface area contributed by atoms with Gasteiger partial charge in [-0.3, -0.25) is 0 Å². The fourth-order valence-corrected chi connectivity index (χ4v) is 2.47. The van der Waals surface area contributed by atoms with E-state index in [2.05, 4.69) is 29.5 Å². The van der Waals surface area contributed by atoms with Gasteiger partial charge in [-0.15, -0.1) is 0 Å². The van der Waals surface area contributed by atoms with Crippen LogP contribution in [0.3, 0.4) is 0 Å². The minimum atomic E-state index is -0.242. The van der Waals surface area contributed by atoms with Gasteiger partial charge in [-0.2, -0.15) is 0 Å². The second kappa shape index (κ2) is 6.02. The molecule has 4 heteroatoms. The molecule has 1 heterocycles. The van der Waals surface area contributed by atoms with Crippen LogP contribution in [0.5, 0.6) is 0 Å². The molecule has 1 fully saturated rings. The molecule has 18 heavy (non-hydrogen) atoms. The number of carbonyl (C=O) groups excluding carboxylic acids is 1. The first-order valence-electron chi connectivity index (χ1n) is 6.16. The number of benzene rings is 1. The lowest BCUT2D eigenvalue weighted by atomic mass is 9.82. The van der Waals surface area contributed by atoms with Crippen LogP contribution < -0.4 is 0 Å². The maximum absolute atomic E-state index is 11.9. The normalized spacial score (nSPS) is 17.0. The van der Waals surface area contributed by atoms with E-state index < -0.39 is 0 Å². The van der Waals surface area contributed by atoms with E-state index >= 15 is 0 Å². The zero-order valence-corrected chi connectivity index (χ0v) is 12.6. The molecule has 98 valence electrons. The molecule has 0 bridgehead atoms. The van der Waals surface area contributed by atoms with E-state index in [1.165, 1.54) is 0 Å². The summed E-state index contributed by atoms with van der Waals surface area (Å²) in [6.45, 7) is 4.02. The summed E-state index contributed by atoms with van der Waals surface area (Å²) in [5.74, 6) is -0.242. The van der Waals surface area contributed by atoms with Gasteiger partial charge in [0.1, 0.15) is 6.61 Å². The van der Waals surface area contributed by atoms with Gasteiger partial charge in [0.25, 0.3) is 0 Å². The van der Waals surface area contributed by atoms with E-state index in [9.17, 15) is 4.79 Å². The number of carbonyl (C=O) groups is 1. The van der Waals surface area contributed by atoms with Crippen molar-refractivity contribution >= 4 is 28.6 Å². The molecule has 0 aromatic heterocycles. The van der Waals surface area contributed by atoms with Gasteiger partial charge in [-0.25, -0.2) is 4.79 Å². The summed E-state index contributed by atoms with van der Waals surface area (Å²) >= 11 is 2.21. The largest absolute Gasteiger partial charge is 0.461 e. The van der Waals surface area contributed by atoms with Crippen LogP contribution in [0.1, 0.15) is 30.1 Å². The van der Waals surface area contributed by atoms with Crippen LogP contribution in [0.15, 0.2) is 24.3 Å². The van der Waals surface area contributed by atoms with E-state index in [1.54, 1.807) is 12.1 Å². The molecule has 0 saturated carbocycles. The Bertz CT molecular complexity index is 410. The van der Waals surface area contributed by atoms with Crippen molar-refractivity contribution in [3.8, 4) is 0 Å². The van der Waals surface area contributed by atoms with Crippen LogP contribution in [-0.2, 0) is 9.47 Å². The van der Waals surface area contributed by atoms with Gasteiger partial charge in [0.15, 0.2) is 0 Å². The van der Waals surface area contributed by atoms with Crippen molar-refractivity contribution in [1.29, 1.82) is 0 Å². The Kier molecular flexibility index (Phi) is 4.61. The fraction of sp³-hybridized carbons (Fsp3) is 0.500. The fourth-order valence-electron chi connectivity index (χ4n) is 2.11. The number of esters is 1. The Hall–Kier alpha value is -0.620. The molecule has 1 saturated heterocycles. The van der Waals surface area contributed by atoms with Crippen molar-refractivity contribution in [2.24, 2.45) is 5.41 Å². The lowest BCUT2D eigenvalue weighted by Crippen LogP contribution is -2.46. The van der Waals surface area contributed by atoms with Gasteiger partial charge in [0.2, 0.25) is 0 Å². The maximum Gasteiger partial charge on any atom is 0.338 e. The third kappa shape index (κ3) is 3.23. The Morgan fingerprint density at radius 2 is 2.06 bits per heavy atom. The summed E-state index contributed by atoms with van der Waals surface area (Å²) in [6, 6.07) is 7.42. The molecule has 1 aromatic carbocycles. The highest BCUT2D eigenvalue weighted by Crippen LogP contribution is 2.33. The molecule has 0 radical (unpaired) electrons. The van der Waals surface area contributed by atoms with E-state index in [0.29, 0.717) is 25.4 Å². The van der Waals surface area contributed by atoms with Crippen molar-refractivity contribution in [3.05, 3.63) is 33.4 Å². The van der Waals surface area contributed by atoms with Gasteiger partial charge in [0.05, 0.1) is 24.2 Å². The summed E-state index contributed by atoms with van der Waals surface area (Å²) in [7, 11) is 0. The lowest BCUT2D eigenvalue weighted by molar-refractivity contribution is -0.142. The maximum atomic E-state index is 11.9. The summed E-state index contributed by atoms with van der Waals surface area (Å²) < 4.78 is 11.8. The van der Waals surface area contributed by atoms with Gasteiger partial charge in [-0.1, -0.05) is 13.3 Å². The second-order valence-corrected chi connectivity index (χ2v) is 6.07. The number of hydrogen-bond donors (Lipinski definition) is 0. The van der Waals surface area contributed by atoms with Crippen molar-refractivity contribution in [1.82, 2.24) is 0 Å². The number of ether oxygens (including phenoxy) is 2. The molecular weight excluding hydrogens is 343 g/mol. The van der Waals surface area contributed by atoms with Gasteiger partial charge in [0, 0.05) is 3.57 Å². The predicted octanol–water partition coefficient (Wildman–Crippen LogP) is 3.26. The molecule has 1 aliphatic rings. The summed E-state index contributed by atoms with van der Waals surface area (Å²) in [5.41, 5.74) is 0.676.